The standard InChI is InChI=1S/C15H19Cl2N3O3/c1-2-23-15(22)20-5-3-12(4-6-20)18-14(21)19-13-8-10(16)7-11(17)9-13/h7-9,12H,2-6H2,1H3,(H2,18,19,21). The topological polar surface area (TPSA) is 70.7 Å². The molecule has 1 aromatic rings. The summed E-state index contributed by atoms with van der Waals surface area (Å²) in [5, 5.41) is 6.49. The van der Waals surface area contributed by atoms with E-state index in [0.29, 0.717) is 48.3 Å². The molecule has 0 aromatic heterocycles. The van der Waals surface area contributed by atoms with Crippen LogP contribution < -0.4 is 10.6 Å². The molecule has 0 atom stereocenters. The summed E-state index contributed by atoms with van der Waals surface area (Å²) in [5.74, 6) is 0. The lowest BCUT2D eigenvalue weighted by atomic mass is 10.1. The number of carbonyl (C=O) groups excluding carboxylic acids is 2. The van der Waals surface area contributed by atoms with Gasteiger partial charge in [-0.05, 0) is 38.0 Å². The number of hydrogen-bond donors (Lipinski definition) is 2. The number of piperidine rings is 1. The third-order valence-corrected chi connectivity index (χ3v) is 3.91. The highest BCUT2D eigenvalue weighted by Crippen LogP contribution is 2.22. The fraction of sp³-hybridized carbons (Fsp3) is 0.467. The number of halogens is 2. The molecule has 8 heteroatoms. The van der Waals surface area contributed by atoms with Crippen molar-refractivity contribution in [2.24, 2.45) is 0 Å². The lowest BCUT2D eigenvalue weighted by Gasteiger charge is -2.31. The Kier molecular flexibility index (Phi) is 6.36. The van der Waals surface area contributed by atoms with Crippen LogP contribution in [0.2, 0.25) is 10.0 Å². The summed E-state index contributed by atoms with van der Waals surface area (Å²) < 4.78 is 4.96. The summed E-state index contributed by atoms with van der Waals surface area (Å²) in [6.45, 7) is 3.26. The zero-order valence-corrected chi connectivity index (χ0v) is 14.3. The van der Waals surface area contributed by atoms with Crippen LogP contribution in [0.25, 0.3) is 0 Å². The van der Waals surface area contributed by atoms with Gasteiger partial charge in [0.2, 0.25) is 0 Å². The Hall–Kier alpha value is -1.66. The number of likely N-dealkylation sites (tertiary alicyclic amines) is 1. The van der Waals surface area contributed by atoms with E-state index in [1.54, 1.807) is 30.0 Å². The molecule has 1 fully saturated rings. The van der Waals surface area contributed by atoms with Gasteiger partial charge in [-0.2, -0.15) is 0 Å². The first kappa shape index (κ1) is 17.7. The van der Waals surface area contributed by atoms with Crippen molar-refractivity contribution in [2.45, 2.75) is 25.8 Å². The van der Waals surface area contributed by atoms with Crippen LogP contribution in [0.5, 0.6) is 0 Å². The molecule has 2 N–H and O–H groups in total. The van der Waals surface area contributed by atoms with Crippen LogP contribution in [-0.4, -0.2) is 42.8 Å². The molecule has 126 valence electrons. The van der Waals surface area contributed by atoms with E-state index in [4.69, 9.17) is 27.9 Å². The Morgan fingerprint density at radius 2 is 1.83 bits per heavy atom. The Morgan fingerprint density at radius 3 is 2.39 bits per heavy atom. The fourth-order valence-electron chi connectivity index (χ4n) is 2.40. The Balaban J connectivity index is 1.79. The lowest BCUT2D eigenvalue weighted by molar-refractivity contribution is 0.0959. The molecule has 1 aliphatic heterocycles. The van der Waals surface area contributed by atoms with Crippen LogP contribution in [0.4, 0.5) is 15.3 Å². The smallest absolute Gasteiger partial charge is 0.409 e. The molecule has 1 heterocycles. The Labute approximate surface area is 145 Å². The molecule has 0 unspecified atom stereocenters. The van der Waals surface area contributed by atoms with Crippen molar-refractivity contribution in [1.29, 1.82) is 0 Å². The summed E-state index contributed by atoms with van der Waals surface area (Å²) >= 11 is 11.8. The molecule has 0 radical (unpaired) electrons. The molecule has 2 rings (SSSR count). The van der Waals surface area contributed by atoms with E-state index in [-0.39, 0.29) is 18.2 Å². The van der Waals surface area contributed by atoms with E-state index in [1.165, 1.54) is 0 Å². The van der Waals surface area contributed by atoms with Gasteiger partial charge in [-0.3, -0.25) is 0 Å². The maximum Gasteiger partial charge on any atom is 0.409 e. The predicted octanol–water partition coefficient (Wildman–Crippen LogP) is 3.74. The quantitative estimate of drug-likeness (QED) is 0.863. The lowest BCUT2D eigenvalue weighted by Crippen LogP contribution is -2.47. The molecule has 6 nitrogen and oxygen atoms in total. The van der Waals surface area contributed by atoms with Crippen molar-refractivity contribution >= 4 is 41.0 Å². The Morgan fingerprint density at radius 1 is 1.22 bits per heavy atom. The fourth-order valence-corrected chi connectivity index (χ4v) is 2.93. The highest BCUT2D eigenvalue weighted by atomic mass is 35.5. The zero-order chi connectivity index (χ0) is 16.8. The largest absolute Gasteiger partial charge is 0.450 e. The van der Waals surface area contributed by atoms with Gasteiger partial charge in [-0.25, -0.2) is 9.59 Å². The molecule has 0 aliphatic carbocycles. The predicted molar refractivity (Wildman–Crippen MR) is 90.2 cm³/mol. The van der Waals surface area contributed by atoms with Crippen molar-refractivity contribution in [2.75, 3.05) is 25.0 Å². The van der Waals surface area contributed by atoms with Crippen LogP contribution in [0.3, 0.4) is 0 Å². The van der Waals surface area contributed by atoms with Crippen LogP contribution in [0, 0.1) is 0 Å². The van der Waals surface area contributed by atoms with Gasteiger partial charge in [0, 0.05) is 34.9 Å². The van der Waals surface area contributed by atoms with Crippen molar-refractivity contribution in [1.82, 2.24) is 10.2 Å². The average Bonchev–Trinajstić information content (AvgIpc) is 2.47. The third-order valence-electron chi connectivity index (χ3n) is 3.48. The second-order valence-electron chi connectivity index (χ2n) is 5.22. The molecule has 0 bridgehead atoms. The summed E-state index contributed by atoms with van der Waals surface area (Å²) in [6, 6.07) is 4.53. The summed E-state index contributed by atoms with van der Waals surface area (Å²) in [7, 11) is 0. The molecule has 3 amide bonds. The van der Waals surface area contributed by atoms with Gasteiger partial charge in [0.05, 0.1) is 6.61 Å². The maximum atomic E-state index is 12.0. The van der Waals surface area contributed by atoms with Crippen LogP contribution in [0.1, 0.15) is 19.8 Å². The first-order chi connectivity index (χ1) is 11.0. The third kappa shape index (κ3) is 5.48. The number of carbonyl (C=O) groups is 2. The number of urea groups is 1. The van der Waals surface area contributed by atoms with Gasteiger partial charge in [0.1, 0.15) is 0 Å². The number of benzene rings is 1. The van der Waals surface area contributed by atoms with Gasteiger partial charge in [0.25, 0.3) is 0 Å². The molecular formula is C15H19Cl2N3O3. The summed E-state index contributed by atoms with van der Waals surface area (Å²) in [4.78, 5) is 25.3. The summed E-state index contributed by atoms with van der Waals surface area (Å²) in [5.41, 5.74) is 0.531. The SMILES string of the molecule is CCOC(=O)N1CCC(NC(=O)Nc2cc(Cl)cc(Cl)c2)CC1. The molecule has 1 aliphatic rings. The van der Waals surface area contributed by atoms with E-state index < -0.39 is 0 Å². The Bertz CT molecular complexity index is 555. The number of amides is 3. The molecule has 23 heavy (non-hydrogen) atoms. The molecule has 1 aromatic carbocycles. The minimum absolute atomic E-state index is 0.00957. The highest BCUT2D eigenvalue weighted by molar-refractivity contribution is 6.35. The summed E-state index contributed by atoms with van der Waals surface area (Å²) in [6.07, 6.45) is 1.06. The van der Waals surface area contributed by atoms with Crippen LogP contribution in [0.15, 0.2) is 18.2 Å². The van der Waals surface area contributed by atoms with Crippen LogP contribution in [-0.2, 0) is 4.74 Å². The van der Waals surface area contributed by atoms with E-state index in [2.05, 4.69) is 10.6 Å². The van der Waals surface area contributed by atoms with Gasteiger partial charge in [-0.1, -0.05) is 23.2 Å². The van der Waals surface area contributed by atoms with Crippen molar-refractivity contribution in [3.63, 3.8) is 0 Å². The first-order valence-corrected chi connectivity index (χ1v) is 8.19. The highest BCUT2D eigenvalue weighted by Gasteiger charge is 2.24. The minimum Gasteiger partial charge on any atom is -0.450 e. The van der Waals surface area contributed by atoms with Gasteiger partial charge < -0.3 is 20.3 Å². The molecule has 1 saturated heterocycles. The van der Waals surface area contributed by atoms with E-state index in [0.717, 1.165) is 0 Å². The molecule has 0 spiro atoms. The average molecular weight is 360 g/mol. The van der Waals surface area contributed by atoms with Gasteiger partial charge in [0.15, 0.2) is 0 Å². The minimum atomic E-state index is -0.321. The van der Waals surface area contributed by atoms with Crippen molar-refractivity contribution in [3.05, 3.63) is 28.2 Å². The zero-order valence-electron chi connectivity index (χ0n) is 12.8. The number of rotatable bonds is 3. The number of ether oxygens (including phenoxy) is 1. The number of anilines is 1. The normalized spacial score (nSPS) is 15.2. The van der Waals surface area contributed by atoms with Crippen molar-refractivity contribution in [3.8, 4) is 0 Å². The first-order valence-electron chi connectivity index (χ1n) is 7.43. The number of nitrogens with one attached hydrogen (secondary N) is 2. The van der Waals surface area contributed by atoms with Gasteiger partial charge >= 0.3 is 12.1 Å². The van der Waals surface area contributed by atoms with Gasteiger partial charge in [-0.15, -0.1) is 0 Å². The van der Waals surface area contributed by atoms with Crippen molar-refractivity contribution < 1.29 is 14.3 Å². The number of hydrogen-bond acceptors (Lipinski definition) is 3. The van der Waals surface area contributed by atoms with E-state index >= 15 is 0 Å². The second kappa shape index (κ2) is 8.26. The van der Waals surface area contributed by atoms with E-state index in [9.17, 15) is 9.59 Å². The molecular weight excluding hydrogens is 341 g/mol. The number of nitrogens with zero attached hydrogens (tertiary/aromatic N) is 1. The monoisotopic (exact) mass is 359 g/mol. The van der Waals surface area contributed by atoms with Crippen LogP contribution >= 0.6 is 23.2 Å². The maximum absolute atomic E-state index is 12.0. The molecule has 0 saturated carbocycles. The second-order valence-corrected chi connectivity index (χ2v) is 6.09. The van der Waals surface area contributed by atoms with E-state index in [1.807, 2.05) is 0 Å².